The summed E-state index contributed by atoms with van der Waals surface area (Å²) < 4.78 is 10.7. The Morgan fingerprint density at radius 2 is 0.857 bits per heavy atom. The third-order valence-electron chi connectivity index (χ3n) is 3.90. The maximum absolute atomic E-state index is 10.7. The van der Waals surface area contributed by atoms with Crippen LogP contribution in [0.3, 0.4) is 0 Å². The molecular formula is C16H36NO3P. The van der Waals surface area contributed by atoms with E-state index in [0.29, 0.717) is 6.42 Å². The minimum absolute atomic E-state index is 0.0538. The molecule has 0 atom stereocenters. The Morgan fingerprint density at radius 3 is 1.14 bits per heavy atom. The third kappa shape index (κ3) is 20.1. The van der Waals surface area contributed by atoms with E-state index in [2.05, 4.69) is 0 Å². The van der Waals surface area contributed by atoms with Crippen LogP contribution in [0.4, 0.5) is 0 Å². The zero-order valence-electron chi connectivity index (χ0n) is 13.6. The molecule has 21 heavy (non-hydrogen) atoms. The molecule has 4 N–H and O–H groups in total. The molecule has 0 fully saturated rings. The molecule has 0 saturated heterocycles. The van der Waals surface area contributed by atoms with Crippen molar-refractivity contribution in [3.63, 3.8) is 0 Å². The highest BCUT2D eigenvalue weighted by atomic mass is 31.2. The molecule has 4 nitrogen and oxygen atoms in total. The highest BCUT2D eigenvalue weighted by molar-refractivity contribution is 7.51. The van der Waals surface area contributed by atoms with Gasteiger partial charge in [0.05, 0.1) is 0 Å². The zero-order valence-corrected chi connectivity index (χ0v) is 14.5. The molecule has 0 rings (SSSR count). The summed E-state index contributed by atoms with van der Waals surface area (Å²) in [4.78, 5) is 17.5. The summed E-state index contributed by atoms with van der Waals surface area (Å²) in [6, 6.07) is 0. The maximum Gasteiger partial charge on any atom is 0.325 e. The molecule has 5 heteroatoms. The van der Waals surface area contributed by atoms with Crippen LogP contribution in [-0.4, -0.2) is 22.5 Å². The van der Waals surface area contributed by atoms with Gasteiger partial charge in [0.2, 0.25) is 0 Å². The van der Waals surface area contributed by atoms with Gasteiger partial charge in [-0.2, -0.15) is 0 Å². The van der Waals surface area contributed by atoms with Gasteiger partial charge in [0.15, 0.2) is 0 Å². The Hall–Kier alpha value is 0.110. The molecule has 0 amide bonds. The first-order valence-corrected chi connectivity index (χ1v) is 10.6. The van der Waals surface area contributed by atoms with Gasteiger partial charge in [0.25, 0.3) is 0 Å². The number of nitrogens with two attached hydrogens (primary N) is 1. The fourth-order valence-corrected chi connectivity index (χ4v) is 3.22. The normalized spacial score (nSPS) is 12.0. The van der Waals surface area contributed by atoms with Crippen LogP contribution in [0.15, 0.2) is 0 Å². The van der Waals surface area contributed by atoms with E-state index >= 15 is 0 Å². The first kappa shape index (κ1) is 21.1. The van der Waals surface area contributed by atoms with Gasteiger partial charge >= 0.3 is 7.60 Å². The Kier molecular flexibility index (Phi) is 15.1. The molecule has 0 aliphatic heterocycles. The van der Waals surface area contributed by atoms with Gasteiger partial charge in [-0.1, -0.05) is 77.0 Å². The van der Waals surface area contributed by atoms with E-state index < -0.39 is 7.60 Å². The van der Waals surface area contributed by atoms with Crippen molar-refractivity contribution in [3.8, 4) is 0 Å². The van der Waals surface area contributed by atoms with Gasteiger partial charge in [-0.05, 0) is 19.4 Å². The standard InChI is InChI=1S/C16H36NO3P/c17-15-13-11-9-7-5-3-1-2-4-6-8-10-12-14-16-21(18,19)20/h1-17H2,(H2,18,19,20). The number of hydrogen-bond acceptors (Lipinski definition) is 2. The fourth-order valence-electron chi connectivity index (χ4n) is 2.58. The van der Waals surface area contributed by atoms with Crippen molar-refractivity contribution in [2.75, 3.05) is 12.7 Å². The van der Waals surface area contributed by atoms with Crippen LogP contribution in [0.1, 0.15) is 89.9 Å². The zero-order chi connectivity index (χ0) is 15.8. The van der Waals surface area contributed by atoms with Crippen molar-refractivity contribution >= 4 is 7.60 Å². The van der Waals surface area contributed by atoms with Crippen LogP contribution in [0.2, 0.25) is 0 Å². The first-order valence-electron chi connectivity index (χ1n) is 8.81. The van der Waals surface area contributed by atoms with Crippen molar-refractivity contribution < 1.29 is 14.4 Å². The molecular weight excluding hydrogens is 285 g/mol. The molecule has 0 aliphatic carbocycles. The molecule has 0 aromatic heterocycles. The van der Waals surface area contributed by atoms with Crippen molar-refractivity contribution in [1.82, 2.24) is 0 Å². The van der Waals surface area contributed by atoms with Gasteiger partial charge in [0.1, 0.15) is 0 Å². The second-order valence-electron chi connectivity index (χ2n) is 6.13. The lowest BCUT2D eigenvalue weighted by Gasteiger charge is -2.04. The van der Waals surface area contributed by atoms with Gasteiger partial charge in [-0.3, -0.25) is 4.57 Å². The largest absolute Gasteiger partial charge is 0.330 e. The Labute approximate surface area is 131 Å². The molecule has 0 aromatic rings. The van der Waals surface area contributed by atoms with Crippen LogP contribution < -0.4 is 5.73 Å². The topological polar surface area (TPSA) is 83.6 Å². The summed E-state index contributed by atoms with van der Waals surface area (Å²) in [5.74, 6) is 0. The lowest BCUT2D eigenvalue weighted by Crippen LogP contribution is -1.97. The average Bonchev–Trinajstić information content (AvgIpc) is 2.42. The lowest BCUT2D eigenvalue weighted by molar-refractivity contribution is 0.370. The van der Waals surface area contributed by atoms with E-state index in [1.807, 2.05) is 0 Å². The summed E-state index contributed by atoms with van der Waals surface area (Å²) in [6.07, 6.45) is 17.2. The Morgan fingerprint density at radius 1 is 0.571 bits per heavy atom. The van der Waals surface area contributed by atoms with E-state index in [4.69, 9.17) is 15.5 Å². The Balaban J connectivity index is 3.01. The monoisotopic (exact) mass is 321 g/mol. The summed E-state index contributed by atoms with van der Waals surface area (Å²) >= 11 is 0. The van der Waals surface area contributed by atoms with Crippen molar-refractivity contribution in [3.05, 3.63) is 0 Å². The van der Waals surface area contributed by atoms with Crippen LogP contribution in [-0.2, 0) is 4.57 Å². The SMILES string of the molecule is NCCCCCCCCCCCCCCCCP(=O)(O)O. The predicted octanol–water partition coefficient (Wildman–Crippen LogP) is 4.58. The van der Waals surface area contributed by atoms with Crippen molar-refractivity contribution in [2.24, 2.45) is 5.73 Å². The number of hydrogen-bond donors (Lipinski definition) is 3. The first-order chi connectivity index (χ1) is 10.1. The number of unbranched alkanes of at least 4 members (excludes halogenated alkanes) is 13. The van der Waals surface area contributed by atoms with E-state index in [-0.39, 0.29) is 6.16 Å². The van der Waals surface area contributed by atoms with E-state index in [1.165, 1.54) is 70.6 Å². The minimum atomic E-state index is -3.76. The maximum atomic E-state index is 10.7. The second kappa shape index (κ2) is 15.0. The molecule has 128 valence electrons. The molecule has 0 aromatic carbocycles. The summed E-state index contributed by atoms with van der Waals surface area (Å²) in [5, 5.41) is 0. The highest BCUT2D eigenvalue weighted by Gasteiger charge is 2.10. The van der Waals surface area contributed by atoms with E-state index in [0.717, 1.165) is 19.4 Å². The molecule has 0 radical (unpaired) electrons. The van der Waals surface area contributed by atoms with E-state index in [1.54, 1.807) is 0 Å². The highest BCUT2D eigenvalue weighted by Crippen LogP contribution is 2.35. The quantitative estimate of drug-likeness (QED) is 0.287. The molecule has 0 unspecified atom stereocenters. The van der Waals surface area contributed by atoms with Gasteiger partial charge in [0, 0.05) is 6.16 Å². The molecule has 0 aliphatic rings. The molecule has 0 saturated carbocycles. The molecule has 0 heterocycles. The van der Waals surface area contributed by atoms with Gasteiger partial charge in [-0.25, -0.2) is 0 Å². The van der Waals surface area contributed by atoms with Crippen LogP contribution in [0.25, 0.3) is 0 Å². The summed E-state index contributed by atoms with van der Waals surface area (Å²) in [6.45, 7) is 0.833. The fraction of sp³-hybridized carbons (Fsp3) is 1.00. The molecule has 0 spiro atoms. The average molecular weight is 321 g/mol. The van der Waals surface area contributed by atoms with Crippen LogP contribution in [0, 0.1) is 0 Å². The predicted molar refractivity (Wildman–Crippen MR) is 90.6 cm³/mol. The number of rotatable bonds is 16. The van der Waals surface area contributed by atoms with Gasteiger partial charge in [-0.15, -0.1) is 0 Å². The van der Waals surface area contributed by atoms with Crippen molar-refractivity contribution in [1.29, 1.82) is 0 Å². The Bertz CT molecular complexity index is 256. The summed E-state index contributed by atoms with van der Waals surface area (Å²) in [7, 11) is -3.76. The molecule has 0 bridgehead atoms. The minimum Gasteiger partial charge on any atom is -0.330 e. The van der Waals surface area contributed by atoms with E-state index in [9.17, 15) is 4.57 Å². The van der Waals surface area contributed by atoms with Crippen LogP contribution >= 0.6 is 7.60 Å². The van der Waals surface area contributed by atoms with Crippen LogP contribution in [0.5, 0.6) is 0 Å². The van der Waals surface area contributed by atoms with Gasteiger partial charge < -0.3 is 15.5 Å². The van der Waals surface area contributed by atoms with Crippen molar-refractivity contribution in [2.45, 2.75) is 89.9 Å². The summed E-state index contributed by atoms with van der Waals surface area (Å²) in [5.41, 5.74) is 5.46. The smallest absolute Gasteiger partial charge is 0.325 e. The third-order valence-corrected chi connectivity index (χ3v) is 4.80. The lowest BCUT2D eigenvalue weighted by atomic mass is 10.0. The second-order valence-corrected chi connectivity index (χ2v) is 7.90.